The normalized spacial score (nSPS) is 26.9. The molecule has 1 aromatic carbocycles. The van der Waals surface area contributed by atoms with Crippen molar-refractivity contribution in [2.75, 3.05) is 26.3 Å². The lowest BCUT2D eigenvalue weighted by atomic mass is 10.1. The van der Waals surface area contributed by atoms with Gasteiger partial charge in [0.05, 0.1) is 12.7 Å². The molecule has 5 heteroatoms. The number of amides is 1. The molecule has 0 unspecified atom stereocenters. The number of carbonyl (C=O) groups is 1. The molecular weight excluding hydrogens is 304 g/mol. The zero-order chi connectivity index (χ0) is 17.3. The van der Waals surface area contributed by atoms with E-state index >= 15 is 0 Å². The Hall–Kier alpha value is -1.59. The van der Waals surface area contributed by atoms with Crippen LogP contribution in [0.15, 0.2) is 12.1 Å². The van der Waals surface area contributed by atoms with Crippen molar-refractivity contribution in [2.45, 2.75) is 52.3 Å². The van der Waals surface area contributed by atoms with E-state index in [1.165, 1.54) is 5.56 Å². The number of hydrogen-bond acceptors (Lipinski definition) is 4. The van der Waals surface area contributed by atoms with Crippen LogP contribution in [-0.4, -0.2) is 55.3 Å². The molecule has 2 saturated heterocycles. The first kappa shape index (κ1) is 17.2. The van der Waals surface area contributed by atoms with Crippen molar-refractivity contribution in [3.8, 4) is 5.75 Å². The quantitative estimate of drug-likeness (QED) is 0.916. The van der Waals surface area contributed by atoms with E-state index in [-0.39, 0.29) is 24.7 Å². The van der Waals surface area contributed by atoms with Crippen molar-refractivity contribution in [3.05, 3.63) is 28.8 Å². The molecule has 0 bridgehead atoms. The number of nitrogens with one attached hydrogen (secondary N) is 1. The monoisotopic (exact) mass is 332 g/mol. The first-order valence-electron chi connectivity index (χ1n) is 8.78. The molecule has 3 rings (SSSR count). The second-order valence-corrected chi connectivity index (χ2v) is 7.19. The Morgan fingerprint density at radius 2 is 2.04 bits per heavy atom. The molecule has 132 valence electrons. The van der Waals surface area contributed by atoms with Gasteiger partial charge in [-0.15, -0.1) is 0 Å². The van der Waals surface area contributed by atoms with Crippen LogP contribution >= 0.6 is 0 Å². The number of benzene rings is 1. The van der Waals surface area contributed by atoms with Gasteiger partial charge in [-0.3, -0.25) is 9.69 Å². The van der Waals surface area contributed by atoms with Gasteiger partial charge < -0.3 is 14.8 Å². The summed E-state index contributed by atoms with van der Waals surface area (Å²) >= 11 is 0. The van der Waals surface area contributed by atoms with Gasteiger partial charge in [-0.05, 0) is 50.8 Å². The average Bonchev–Trinajstić information content (AvgIpc) is 2.92. The highest BCUT2D eigenvalue weighted by Crippen LogP contribution is 2.26. The van der Waals surface area contributed by atoms with E-state index in [1.807, 2.05) is 19.9 Å². The van der Waals surface area contributed by atoms with Crippen molar-refractivity contribution in [1.82, 2.24) is 10.2 Å². The van der Waals surface area contributed by atoms with E-state index in [1.54, 1.807) is 0 Å². The number of fused-ring (bicyclic) bond motifs is 1. The van der Waals surface area contributed by atoms with Crippen LogP contribution in [0.1, 0.15) is 30.0 Å². The first-order chi connectivity index (χ1) is 11.4. The van der Waals surface area contributed by atoms with Crippen molar-refractivity contribution in [1.29, 1.82) is 0 Å². The topological polar surface area (TPSA) is 50.8 Å². The number of ether oxygens (including phenoxy) is 2. The summed E-state index contributed by atoms with van der Waals surface area (Å²) in [5.74, 6) is 0.783. The molecule has 3 atom stereocenters. The number of nitrogens with zero attached hydrogens (tertiary/aromatic N) is 1. The summed E-state index contributed by atoms with van der Waals surface area (Å²) in [7, 11) is 0. The van der Waals surface area contributed by atoms with Crippen molar-refractivity contribution >= 4 is 5.91 Å². The van der Waals surface area contributed by atoms with Crippen LogP contribution in [0.4, 0.5) is 0 Å². The lowest BCUT2D eigenvalue weighted by Crippen LogP contribution is -2.45. The minimum Gasteiger partial charge on any atom is -0.483 e. The highest BCUT2D eigenvalue weighted by atomic mass is 16.5. The van der Waals surface area contributed by atoms with Crippen molar-refractivity contribution in [2.24, 2.45) is 0 Å². The van der Waals surface area contributed by atoms with Gasteiger partial charge in [-0.25, -0.2) is 0 Å². The third-order valence-electron chi connectivity index (χ3n) is 5.18. The van der Waals surface area contributed by atoms with E-state index in [0.29, 0.717) is 6.04 Å². The molecule has 2 heterocycles. The van der Waals surface area contributed by atoms with Gasteiger partial charge in [0.2, 0.25) is 0 Å². The van der Waals surface area contributed by atoms with Gasteiger partial charge in [0.1, 0.15) is 5.75 Å². The predicted octanol–water partition coefficient (Wildman–Crippen LogP) is 1.97. The minimum atomic E-state index is -0.0471. The van der Waals surface area contributed by atoms with Crippen LogP contribution in [0.5, 0.6) is 5.75 Å². The second kappa shape index (κ2) is 7.11. The van der Waals surface area contributed by atoms with E-state index < -0.39 is 0 Å². The van der Waals surface area contributed by atoms with Gasteiger partial charge in [0.15, 0.2) is 6.61 Å². The fraction of sp³-hybridized carbons (Fsp3) is 0.632. The van der Waals surface area contributed by atoms with E-state index in [9.17, 15) is 4.79 Å². The Balaban J connectivity index is 1.51. The van der Waals surface area contributed by atoms with Crippen molar-refractivity contribution in [3.63, 3.8) is 0 Å². The molecule has 0 spiro atoms. The third-order valence-corrected chi connectivity index (χ3v) is 5.18. The van der Waals surface area contributed by atoms with E-state index in [0.717, 1.165) is 43.0 Å². The molecule has 1 aromatic rings. The molecule has 0 saturated carbocycles. The third kappa shape index (κ3) is 3.73. The molecule has 1 amide bonds. The van der Waals surface area contributed by atoms with Crippen LogP contribution in [0, 0.1) is 20.8 Å². The number of morpholine rings is 1. The maximum atomic E-state index is 12.3. The highest BCUT2D eigenvalue weighted by Gasteiger charge is 2.36. The molecule has 0 aromatic heterocycles. The summed E-state index contributed by atoms with van der Waals surface area (Å²) < 4.78 is 11.5. The zero-order valence-corrected chi connectivity index (χ0v) is 15.1. The minimum absolute atomic E-state index is 0.0471. The average molecular weight is 332 g/mol. The summed E-state index contributed by atoms with van der Waals surface area (Å²) in [6, 6.07) is 4.74. The summed E-state index contributed by atoms with van der Waals surface area (Å²) in [6.45, 7) is 10.9. The number of rotatable bonds is 4. The number of carbonyl (C=O) groups excluding carboxylic acids is 1. The Bertz CT molecular complexity index is 617. The van der Waals surface area contributed by atoms with Crippen LogP contribution < -0.4 is 10.1 Å². The molecule has 2 aliphatic heterocycles. The zero-order valence-electron chi connectivity index (χ0n) is 15.1. The number of aryl methyl sites for hydroxylation is 2. The SMILES string of the molecule is Cc1ccc(C)c(OCC(=O)N[C@H]2C[C@H]3CO[C@@H](C)CN3C2)c1C. The molecule has 0 aliphatic carbocycles. The molecule has 2 fully saturated rings. The summed E-state index contributed by atoms with van der Waals surface area (Å²) in [4.78, 5) is 14.7. The van der Waals surface area contributed by atoms with Crippen LogP contribution in [0.25, 0.3) is 0 Å². The van der Waals surface area contributed by atoms with Crippen LogP contribution in [0.2, 0.25) is 0 Å². The first-order valence-corrected chi connectivity index (χ1v) is 8.78. The van der Waals surface area contributed by atoms with Gasteiger partial charge in [0, 0.05) is 25.2 Å². The van der Waals surface area contributed by atoms with E-state index in [4.69, 9.17) is 9.47 Å². The van der Waals surface area contributed by atoms with Crippen molar-refractivity contribution < 1.29 is 14.3 Å². The molecule has 5 nitrogen and oxygen atoms in total. The van der Waals surface area contributed by atoms with Crippen LogP contribution in [0.3, 0.4) is 0 Å². The lowest BCUT2D eigenvalue weighted by molar-refractivity contribution is -0.123. The largest absolute Gasteiger partial charge is 0.483 e. The molecule has 1 N–H and O–H groups in total. The summed E-state index contributed by atoms with van der Waals surface area (Å²) in [6.07, 6.45) is 1.24. The molecule has 0 radical (unpaired) electrons. The fourth-order valence-corrected chi connectivity index (χ4v) is 3.70. The molecular formula is C19H28N2O3. The maximum absolute atomic E-state index is 12.3. The predicted molar refractivity (Wildman–Crippen MR) is 93.5 cm³/mol. The maximum Gasteiger partial charge on any atom is 0.258 e. The van der Waals surface area contributed by atoms with E-state index in [2.05, 4.69) is 30.1 Å². The van der Waals surface area contributed by atoms with Gasteiger partial charge in [0.25, 0.3) is 5.91 Å². The van der Waals surface area contributed by atoms with Gasteiger partial charge in [-0.2, -0.15) is 0 Å². The summed E-state index contributed by atoms with van der Waals surface area (Å²) in [5.41, 5.74) is 3.35. The summed E-state index contributed by atoms with van der Waals surface area (Å²) in [5, 5.41) is 3.11. The van der Waals surface area contributed by atoms with Crippen LogP contribution in [-0.2, 0) is 9.53 Å². The smallest absolute Gasteiger partial charge is 0.258 e. The Kier molecular flexibility index (Phi) is 5.11. The highest BCUT2D eigenvalue weighted by molar-refractivity contribution is 5.78. The molecule has 2 aliphatic rings. The molecule has 24 heavy (non-hydrogen) atoms. The number of hydrogen-bond donors (Lipinski definition) is 1. The Morgan fingerprint density at radius 3 is 2.83 bits per heavy atom. The van der Waals surface area contributed by atoms with Gasteiger partial charge in [-0.1, -0.05) is 12.1 Å². The lowest BCUT2D eigenvalue weighted by Gasteiger charge is -2.33. The standard InChI is InChI=1S/C19H28N2O3/c1-12-5-6-13(2)19(15(12)4)24-11-18(22)20-16-7-17-10-23-14(3)8-21(17)9-16/h5-6,14,16-17H,7-11H2,1-4H3,(H,20,22)/t14-,16-,17-/m0/s1. The Morgan fingerprint density at radius 1 is 1.29 bits per heavy atom. The Labute approximate surface area is 144 Å². The second-order valence-electron chi connectivity index (χ2n) is 7.19. The van der Waals surface area contributed by atoms with Gasteiger partial charge >= 0.3 is 0 Å². The fourth-order valence-electron chi connectivity index (χ4n) is 3.70.